The first-order chi connectivity index (χ1) is 14.3. The van der Waals surface area contributed by atoms with Gasteiger partial charge in [-0.05, 0) is 36.8 Å². The van der Waals surface area contributed by atoms with E-state index in [-0.39, 0.29) is 30.5 Å². The van der Waals surface area contributed by atoms with Crippen LogP contribution in [0.25, 0.3) is 0 Å². The van der Waals surface area contributed by atoms with E-state index >= 15 is 0 Å². The van der Waals surface area contributed by atoms with Gasteiger partial charge in [0.15, 0.2) is 11.7 Å². The fourth-order valence-electron chi connectivity index (χ4n) is 3.08. The Labute approximate surface area is 174 Å². The monoisotopic (exact) mass is 411 g/mol. The second-order valence-corrected chi connectivity index (χ2v) is 7.24. The third-order valence-electron chi connectivity index (χ3n) is 4.89. The minimum Gasteiger partial charge on any atom is -0.490 e. The lowest BCUT2D eigenvalue weighted by Gasteiger charge is -2.32. The van der Waals surface area contributed by atoms with Gasteiger partial charge in [-0.25, -0.2) is 9.98 Å². The number of hydrogen-bond donors (Lipinski definition) is 1. The Hall–Kier alpha value is -3.33. The highest BCUT2D eigenvalue weighted by molar-refractivity contribution is 5.98. The summed E-state index contributed by atoms with van der Waals surface area (Å²) in [5.74, 6) is 0.452. The molecule has 3 rings (SSSR count). The summed E-state index contributed by atoms with van der Waals surface area (Å²) >= 11 is 0. The number of pyridine rings is 2. The van der Waals surface area contributed by atoms with Crippen LogP contribution < -0.4 is 10.5 Å². The van der Waals surface area contributed by atoms with Crippen molar-refractivity contribution >= 4 is 17.6 Å². The topological polar surface area (TPSA) is 120 Å². The average Bonchev–Trinajstić information content (AvgIpc) is 2.73. The van der Waals surface area contributed by atoms with E-state index in [2.05, 4.69) is 15.0 Å². The molecule has 2 aromatic heterocycles. The number of carbonyl (C=O) groups excluding carboxylic acids is 2. The van der Waals surface area contributed by atoms with Gasteiger partial charge in [-0.3, -0.25) is 19.5 Å². The van der Waals surface area contributed by atoms with Gasteiger partial charge in [-0.2, -0.15) is 0 Å². The fourth-order valence-corrected chi connectivity index (χ4v) is 3.08. The van der Waals surface area contributed by atoms with Crippen molar-refractivity contribution in [1.82, 2.24) is 14.9 Å². The molecular formula is C21H25N5O4. The molecule has 9 heteroatoms. The van der Waals surface area contributed by atoms with E-state index in [1.54, 1.807) is 44.6 Å². The van der Waals surface area contributed by atoms with E-state index in [1.807, 2.05) is 6.92 Å². The van der Waals surface area contributed by atoms with Crippen molar-refractivity contribution in [2.75, 3.05) is 27.4 Å². The summed E-state index contributed by atoms with van der Waals surface area (Å²) in [7, 11) is 3.18. The first kappa shape index (κ1) is 21.4. The number of amides is 1. The van der Waals surface area contributed by atoms with Crippen LogP contribution >= 0.6 is 0 Å². The standard InChI is InChI=1S/C21H25N5O4/c1-21(12-19(28)26(2)20(22)25-21)18-11-14(6-7-23-18)10-17(27)16-5-4-15(13-24-16)30-9-8-29-3/h4-7,11,13H,8-10,12H2,1-3H3,(H2,22,25). The van der Waals surface area contributed by atoms with E-state index in [4.69, 9.17) is 15.2 Å². The first-order valence-corrected chi connectivity index (χ1v) is 9.50. The number of ketones is 1. The zero-order valence-corrected chi connectivity index (χ0v) is 17.3. The van der Waals surface area contributed by atoms with Gasteiger partial charge in [0.25, 0.3) is 0 Å². The van der Waals surface area contributed by atoms with Gasteiger partial charge in [-0.1, -0.05) is 0 Å². The Morgan fingerprint density at radius 2 is 2.07 bits per heavy atom. The molecule has 9 nitrogen and oxygen atoms in total. The van der Waals surface area contributed by atoms with Crippen LogP contribution in [0.1, 0.15) is 35.1 Å². The molecule has 0 aromatic carbocycles. The van der Waals surface area contributed by atoms with Crippen LogP contribution in [0.5, 0.6) is 5.75 Å². The van der Waals surface area contributed by atoms with Crippen molar-refractivity contribution in [1.29, 1.82) is 0 Å². The molecule has 1 aliphatic rings. The molecule has 0 saturated carbocycles. The number of aliphatic imine (C=N–C) groups is 1. The van der Waals surface area contributed by atoms with Gasteiger partial charge in [-0.15, -0.1) is 0 Å². The van der Waals surface area contributed by atoms with Crippen LogP contribution in [0.4, 0.5) is 0 Å². The van der Waals surface area contributed by atoms with E-state index < -0.39 is 5.54 Å². The zero-order chi connectivity index (χ0) is 21.7. The number of Topliss-reactive ketones (excluding diaryl/α,β-unsaturated/α-hetero) is 1. The second-order valence-electron chi connectivity index (χ2n) is 7.24. The largest absolute Gasteiger partial charge is 0.490 e. The molecule has 0 bridgehead atoms. The minimum absolute atomic E-state index is 0.134. The Morgan fingerprint density at radius 1 is 1.27 bits per heavy atom. The Morgan fingerprint density at radius 3 is 2.73 bits per heavy atom. The van der Waals surface area contributed by atoms with Gasteiger partial charge < -0.3 is 15.2 Å². The average molecular weight is 411 g/mol. The van der Waals surface area contributed by atoms with Crippen molar-refractivity contribution in [2.24, 2.45) is 10.7 Å². The molecule has 1 atom stereocenters. The summed E-state index contributed by atoms with van der Waals surface area (Å²) in [6.45, 7) is 2.69. The first-order valence-electron chi connectivity index (χ1n) is 9.50. The summed E-state index contributed by atoms with van der Waals surface area (Å²) in [5, 5.41) is 0. The second kappa shape index (κ2) is 9.00. The molecule has 2 aromatic rings. The number of ether oxygens (including phenoxy) is 2. The maximum atomic E-state index is 12.6. The molecule has 0 aliphatic carbocycles. The number of methoxy groups -OCH3 is 1. The molecule has 0 fully saturated rings. The number of nitrogens with two attached hydrogens (primary N) is 1. The summed E-state index contributed by atoms with van der Waals surface area (Å²) in [4.78, 5) is 39.2. The number of rotatable bonds is 8. The van der Waals surface area contributed by atoms with Gasteiger partial charge >= 0.3 is 0 Å². The van der Waals surface area contributed by atoms with E-state index in [1.165, 1.54) is 11.1 Å². The Kier molecular flexibility index (Phi) is 6.41. The van der Waals surface area contributed by atoms with Crippen molar-refractivity contribution in [2.45, 2.75) is 25.3 Å². The third kappa shape index (κ3) is 4.80. The van der Waals surface area contributed by atoms with Gasteiger partial charge in [0.05, 0.1) is 24.9 Å². The van der Waals surface area contributed by atoms with Crippen molar-refractivity contribution in [3.8, 4) is 5.75 Å². The zero-order valence-electron chi connectivity index (χ0n) is 17.3. The normalized spacial score (nSPS) is 18.8. The highest BCUT2D eigenvalue weighted by Crippen LogP contribution is 2.32. The third-order valence-corrected chi connectivity index (χ3v) is 4.89. The number of guanidine groups is 1. The number of hydrogen-bond acceptors (Lipinski definition) is 8. The summed E-state index contributed by atoms with van der Waals surface area (Å²) in [6, 6.07) is 6.89. The quantitative estimate of drug-likeness (QED) is 0.514. The molecule has 0 saturated heterocycles. The smallest absolute Gasteiger partial charge is 0.231 e. The van der Waals surface area contributed by atoms with Gasteiger partial charge in [0.2, 0.25) is 5.91 Å². The molecule has 1 amide bonds. The van der Waals surface area contributed by atoms with E-state index in [9.17, 15) is 9.59 Å². The molecule has 1 aliphatic heterocycles. The molecule has 158 valence electrons. The molecule has 0 radical (unpaired) electrons. The van der Waals surface area contributed by atoms with Crippen LogP contribution in [-0.2, 0) is 21.5 Å². The summed E-state index contributed by atoms with van der Waals surface area (Å²) in [5.41, 5.74) is 6.70. The lowest BCUT2D eigenvalue weighted by Crippen LogP contribution is -2.47. The van der Waals surface area contributed by atoms with E-state index in [0.717, 1.165) is 5.56 Å². The van der Waals surface area contributed by atoms with Crippen molar-refractivity contribution < 1.29 is 19.1 Å². The highest BCUT2D eigenvalue weighted by atomic mass is 16.5. The number of carbonyl (C=O) groups is 2. The molecule has 0 spiro atoms. The lowest BCUT2D eigenvalue weighted by atomic mass is 9.90. The predicted molar refractivity (Wildman–Crippen MR) is 110 cm³/mol. The van der Waals surface area contributed by atoms with Crippen LogP contribution in [-0.4, -0.2) is 59.9 Å². The Balaban J connectivity index is 1.72. The maximum Gasteiger partial charge on any atom is 0.231 e. The maximum absolute atomic E-state index is 12.6. The van der Waals surface area contributed by atoms with Gasteiger partial charge in [0.1, 0.15) is 23.6 Å². The number of aromatic nitrogens is 2. The highest BCUT2D eigenvalue weighted by Gasteiger charge is 2.37. The number of nitrogens with zero attached hydrogens (tertiary/aromatic N) is 4. The summed E-state index contributed by atoms with van der Waals surface area (Å²) < 4.78 is 10.4. The molecule has 3 heterocycles. The molecular weight excluding hydrogens is 386 g/mol. The molecule has 2 N–H and O–H groups in total. The molecule has 30 heavy (non-hydrogen) atoms. The minimum atomic E-state index is -0.869. The SMILES string of the molecule is COCCOc1ccc(C(=O)Cc2ccnc(C3(C)CC(=O)N(C)C(N)=N3)c2)nc1. The predicted octanol–water partition coefficient (Wildman–Crippen LogP) is 1.32. The summed E-state index contributed by atoms with van der Waals surface area (Å²) in [6.07, 6.45) is 3.43. The molecule has 1 unspecified atom stereocenters. The van der Waals surface area contributed by atoms with Gasteiger partial charge in [0, 0.05) is 26.8 Å². The Bertz CT molecular complexity index is 960. The van der Waals surface area contributed by atoms with Crippen LogP contribution in [0.3, 0.4) is 0 Å². The van der Waals surface area contributed by atoms with E-state index in [0.29, 0.717) is 30.4 Å². The van der Waals surface area contributed by atoms with Crippen LogP contribution in [0, 0.1) is 0 Å². The lowest BCUT2D eigenvalue weighted by molar-refractivity contribution is -0.128. The van der Waals surface area contributed by atoms with Crippen LogP contribution in [0.15, 0.2) is 41.7 Å². The van der Waals surface area contributed by atoms with Crippen molar-refractivity contribution in [3.05, 3.63) is 53.6 Å². The van der Waals surface area contributed by atoms with Crippen LogP contribution in [0.2, 0.25) is 0 Å². The van der Waals surface area contributed by atoms with Crippen molar-refractivity contribution in [3.63, 3.8) is 0 Å². The fraction of sp³-hybridized carbons (Fsp3) is 0.381.